The molecule has 4 rings (SSSR count). The maximum absolute atomic E-state index is 13.8. The molecule has 0 spiro atoms. The molecule has 0 unspecified atom stereocenters. The summed E-state index contributed by atoms with van der Waals surface area (Å²) in [5.41, 5.74) is 1.74. The Bertz CT molecular complexity index is 1170. The van der Waals surface area contributed by atoms with Gasteiger partial charge in [0.25, 0.3) is 0 Å². The maximum atomic E-state index is 13.8. The van der Waals surface area contributed by atoms with E-state index in [9.17, 15) is 27.6 Å². The third-order valence-electron chi connectivity index (χ3n) is 6.54. The fourth-order valence-electron chi connectivity index (χ4n) is 4.61. The number of carbonyl (C=O) groups is 3. The van der Waals surface area contributed by atoms with E-state index in [4.69, 9.17) is 9.84 Å². The monoisotopic (exact) mass is 505 g/mol. The molecule has 1 heterocycles. The number of amides is 3. The van der Waals surface area contributed by atoms with Gasteiger partial charge in [0.2, 0.25) is 0 Å². The zero-order valence-corrected chi connectivity index (χ0v) is 19.4. The van der Waals surface area contributed by atoms with Crippen molar-refractivity contribution in [2.24, 2.45) is 5.92 Å². The smallest absolute Gasteiger partial charge is 0.410 e. The van der Waals surface area contributed by atoms with E-state index >= 15 is 0 Å². The number of anilines is 2. The van der Waals surface area contributed by atoms with Crippen LogP contribution in [0.25, 0.3) is 0 Å². The molecule has 1 aliphatic heterocycles. The zero-order chi connectivity index (χ0) is 25.8. The number of carboxylic acid groups (broad SMARTS) is 1. The number of aliphatic carboxylic acids is 1. The van der Waals surface area contributed by atoms with E-state index in [-0.39, 0.29) is 18.4 Å². The van der Waals surface area contributed by atoms with E-state index in [2.05, 4.69) is 10.6 Å². The van der Waals surface area contributed by atoms with E-state index in [0.29, 0.717) is 44.1 Å². The molecule has 3 N–H and O–H groups in total. The molecule has 1 aliphatic carbocycles. The second kappa shape index (κ2) is 10.9. The summed E-state index contributed by atoms with van der Waals surface area (Å²) in [6.07, 6.45) is 2.80. The molecule has 1 fully saturated rings. The summed E-state index contributed by atoms with van der Waals surface area (Å²) in [5.74, 6) is -5.20. The third-order valence-corrected chi connectivity index (χ3v) is 6.54. The number of carbonyl (C=O) groups excluding carboxylic acids is 2. The number of benzene rings is 2. The van der Waals surface area contributed by atoms with Crippen LogP contribution in [0.5, 0.6) is 0 Å². The SMILES string of the molecule is O=C(O)C[C@H]1CC[C@H](OC(=O)N2CCc3cc(NC(=O)Nc4ccc(F)c(F)c4F)ccc3C2)CC1. The van der Waals surface area contributed by atoms with Crippen molar-refractivity contribution in [1.29, 1.82) is 0 Å². The van der Waals surface area contributed by atoms with Crippen LogP contribution >= 0.6 is 0 Å². The quantitative estimate of drug-likeness (QED) is 0.480. The topological polar surface area (TPSA) is 108 Å². The van der Waals surface area contributed by atoms with Crippen LogP contribution in [0.15, 0.2) is 30.3 Å². The van der Waals surface area contributed by atoms with Gasteiger partial charge >= 0.3 is 18.1 Å². The van der Waals surface area contributed by atoms with Gasteiger partial charge in [-0.1, -0.05) is 6.07 Å². The van der Waals surface area contributed by atoms with Gasteiger partial charge < -0.3 is 25.4 Å². The Morgan fingerprint density at radius 3 is 2.44 bits per heavy atom. The number of hydrogen-bond donors (Lipinski definition) is 3. The lowest BCUT2D eigenvalue weighted by Gasteiger charge is -2.32. The Hall–Kier alpha value is -3.76. The van der Waals surface area contributed by atoms with Gasteiger partial charge in [-0.3, -0.25) is 4.79 Å². The van der Waals surface area contributed by atoms with E-state index < -0.39 is 41.2 Å². The second-order valence-electron chi connectivity index (χ2n) is 9.08. The van der Waals surface area contributed by atoms with Gasteiger partial charge in [-0.15, -0.1) is 0 Å². The molecule has 36 heavy (non-hydrogen) atoms. The fourth-order valence-corrected chi connectivity index (χ4v) is 4.61. The summed E-state index contributed by atoms with van der Waals surface area (Å²) in [5, 5.41) is 13.6. The molecule has 2 aromatic carbocycles. The highest BCUT2D eigenvalue weighted by molar-refractivity contribution is 5.99. The minimum absolute atomic E-state index is 0.125. The van der Waals surface area contributed by atoms with E-state index in [1.807, 2.05) is 0 Å². The molecule has 0 bridgehead atoms. The molecule has 0 aromatic heterocycles. The summed E-state index contributed by atoms with van der Waals surface area (Å²) >= 11 is 0. The lowest BCUT2D eigenvalue weighted by Crippen LogP contribution is -2.39. The summed E-state index contributed by atoms with van der Waals surface area (Å²) in [6.45, 7) is 0.769. The summed E-state index contributed by atoms with van der Waals surface area (Å²) in [4.78, 5) is 37.3. The molecule has 0 atom stereocenters. The van der Waals surface area contributed by atoms with Crippen molar-refractivity contribution in [3.8, 4) is 0 Å². The predicted molar refractivity (Wildman–Crippen MR) is 124 cm³/mol. The highest BCUT2D eigenvalue weighted by atomic mass is 19.2. The van der Waals surface area contributed by atoms with Crippen LogP contribution in [0, 0.1) is 23.4 Å². The molecule has 0 saturated heterocycles. The second-order valence-corrected chi connectivity index (χ2v) is 9.08. The van der Waals surface area contributed by atoms with Gasteiger partial charge in [0, 0.05) is 25.2 Å². The van der Waals surface area contributed by atoms with Crippen LogP contribution in [0.4, 0.5) is 34.1 Å². The van der Waals surface area contributed by atoms with Crippen molar-refractivity contribution in [3.05, 3.63) is 58.9 Å². The normalized spacial score (nSPS) is 19.2. The molecule has 11 heteroatoms. The lowest BCUT2D eigenvalue weighted by molar-refractivity contribution is -0.138. The van der Waals surface area contributed by atoms with Crippen LogP contribution < -0.4 is 10.6 Å². The van der Waals surface area contributed by atoms with Gasteiger partial charge in [0.15, 0.2) is 17.5 Å². The Balaban J connectivity index is 1.29. The molecular formula is C25H26F3N3O5. The Morgan fingerprint density at radius 1 is 0.972 bits per heavy atom. The highest BCUT2D eigenvalue weighted by Gasteiger charge is 2.28. The van der Waals surface area contributed by atoms with Crippen LogP contribution in [0.1, 0.15) is 43.2 Å². The Labute approximate surface area is 205 Å². The number of fused-ring (bicyclic) bond motifs is 1. The van der Waals surface area contributed by atoms with Crippen LogP contribution in [-0.2, 0) is 22.5 Å². The number of rotatable bonds is 5. The molecule has 3 amide bonds. The number of nitrogens with one attached hydrogen (secondary N) is 2. The standard InChI is InChI=1S/C25H26F3N3O5/c26-19-7-8-20(23(28)22(19)27)30-24(34)29-17-4-3-16-13-31(10-9-15(16)12-17)25(35)36-18-5-1-14(2-6-18)11-21(32)33/h3-4,7-8,12,14,18H,1-2,5-6,9-11,13H2,(H,32,33)(H2,29,30,34)/t14-,18-. The Kier molecular flexibility index (Phi) is 7.66. The molecule has 192 valence electrons. The zero-order valence-electron chi connectivity index (χ0n) is 19.4. The third kappa shape index (κ3) is 6.07. The van der Waals surface area contributed by atoms with Crippen molar-refractivity contribution in [2.45, 2.75) is 51.2 Å². The molecular weight excluding hydrogens is 479 g/mol. The maximum Gasteiger partial charge on any atom is 0.410 e. The van der Waals surface area contributed by atoms with E-state index in [0.717, 1.165) is 30.0 Å². The first-order valence-electron chi connectivity index (χ1n) is 11.7. The van der Waals surface area contributed by atoms with Crippen molar-refractivity contribution in [3.63, 3.8) is 0 Å². The van der Waals surface area contributed by atoms with Crippen LogP contribution in [0.2, 0.25) is 0 Å². The highest BCUT2D eigenvalue weighted by Crippen LogP contribution is 2.30. The lowest BCUT2D eigenvalue weighted by atomic mass is 9.85. The first kappa shape index (κ1) is 25.3. The van der Waals surface area contributed by atoms with Crippen molar-refractivity contribution in [2.75, 3.05) is 17.2 Å². The predicted octanol–water partition coefficient (Wildman–Crippen LogP) is 5.28. The fraction of sp³-hybridized carbons (Fsp3) is 0.400. The van der Waals surface area contributed by atoms with Crippen molar-refractivity contribution >= 4 is 29.5 Å². The van der Waals surface area contributed by atoms with Crippen molar-refractivity contribution < 1.29 is 37.4 Å². The van der Waals surface area contributed by atoms with Crippen LogP contribution in [-0.4, -0.2) is 40.7 Å². The first-order valence-corrected chi connectivity index (χ1v) is 11.7. The minimum Gasteiger partial charge on any atom is -0.481 e. The summed E-state index contributed by atoms with van der Waals surface area (Å²) in [7, 11) is 0. The average Bonchev–Trinajstić information content (AvgIpc) is 2.85. The van der Waals surface area contributed by atoms with Crippen molar-refractivity contribution in [1.82, 2.24) is 4.90 Å². The number of nitrogens with zero attached hydrogens (tertiary/aromatic N) is 1. The van der Waals surface area contributed by atoms with Gasteiger partial charge in [0.1, 0.15) is 6.10 Å². The molecule has 2 aromatic rings. The number of halogens is 3. The van der Waals surface area contributed by atoms with Gasteiger partial charge in [-0.05, 0) is 73.4 Å². The van der Waals surface area contributed by atoms with Crippen LogP contribution in [0.3, 0.4) is 0 Å². The molecule has 0 radical (unpaired) electrons. The minimum atomic E-state index is -1.67. The number of ether oxygens (including phenoxy) is 1. The average molecular weight is 505 g/mol. The first-order chi connectivity index (χ1) is 17.2. The number of urea groups is 1. The summed E-state index contributed by atoms with van der Waals surface area (Å²) < 4.78 is 45.8. The van der Waals surface area contributed by atoms with E-state index in [1.165, 1.54) is 0 Å². The van der Waals surface area contributed by atoms with Gasteiger partial charge in [-0.25, -0.2) is 22.8 Å². The molecule has 8 nitrogen and oxygen atoms in total. The van der Waals surface area contributed by atoms with Gasteiger partial charge in [-0.2, -0.15) is 0 Å². The Morgan fingerprint density at radius 2 is 1.72 bits per heavy atom. The number of carboxylic acids is 1. The van der Waals surface area contributed by atoms with Gasteiger partial charge in [0.05, 0.1) is 5.69 Å². The summed E-state index contributed by atoms with van der Waals surface area (Å²) in [6, 6.07) is 5.95. The van der Waals surface area contributed by atoms with E-state index in [1.54, 1.807) is 23.1 Å². The number of hydrogen-bond acceptors (Lipinski definition) is 4. The molecule has 2 aliphatic rings. The largest absolute Gasteiger partial charge is 0.481 e. The molecule has 1 saturated carbocycles.